The van der Waals surface area contributed by atoms with Gasteiger partial charge in [0.1, 0.15) is 12.1 Å². The number of hydrogen-bond donors (Lipinski definition) is 2. The molecule has 0 aliphatic rings. The summed E-state index contributed by atoms with van der Waals surface area (Å²) in [5.41, 5.74) is 2.44. The van der Waals surface area contributed by atoms with Gasteiger partial charge in [0.25, 0.3) is 0 Å². The number of nitrogens with zero attached hydrogens (tertiary/aromatic N) is 2. The van der Waals surface area contributed by atoms with Crippen LogP contribution in [0.25, 0.3) is 0 Å². The molecule has 0 radical (unpaired) electrons. The molecule has 0 spiro atoms. The molecule has 0 aliphatic carbocycles. The van der Waals surface area contributed by atoms with Gasteiger partial charge in [0.15, 0.2) is 0 Å². The van der Waals surface area contributed by atoms with Crippen LogP contribution in [0.3, 0.4) is 0 Å². The minimum Gasteiger partial charge on any atom is -0.467 e. The summed E-state index contributed by atoms with van der Waals surface area (Å²) in [6.07, 6.45) is 3.76. The first-order chi connectivity index (χ1) is 15.4. The Morgan fingerprint density at radius 3 is 2.56 bits per heavy atom. The predicted octanol–water partition coefficient (Wildman–Crippen LogP) is 3.94. The van der Waals surface area contributed by atoms with E-state index >= 15 is 0 Å². The summed E-state index contributed by atoms with van der Waals surface area (Å²) < 4.78 is 6.80. The predicted molar refractivity (Wildman–Crippen MR) is 125 cm³/mol. The first-order valence-corrected chi connectivity index (χ1v) is 10.8. The molecule has 0 saturated carbocycles. The van der Waals surface area contributed by atoms with Gasteiger partial charge in [0.05, 0.1) is 29.2 Å². The summed E-state index contributed by atoms with van der Waals surface area (Å²) in [5, 5.41) is 6.58. The molecule has 1 amide bonds. The molecule has 0 saturated heterocycles. The van der Waals surface area contributed by atoms with E-state index in [0.29, 0.717) is 28.0 Å². The maximum Gasteiger partial charge on any atom is 0.328 e. The highest BCUT2D eigenvalue weighted by molar-refractivity contribution is 6.42. The fraction of sp³-hybridized carbons (Fsp3) is 0.261. The number of esters is 1. The summed E-state index contributed by atoms with van der Waals surface area (Å²) in [7, 11) is 1.28. The molecule has 2 atom stereocenters. The number of carbonyl (C=O) groups excluding carboxylic acids is 2. The number of amides is 1. The van der Waals surface area contributed by atoms with Crippen LogP contribution in [0.1, 0.15) is 18.2 Å². The van der Waals surface area contributed by atoms with Gasteiger partial charge in [-0.15, -0.1) is 0 Å². The van der Waals surface area contributed by atoms with Crippen LogP contribution in [0, 0.1) is 0 Å². The quantitative estimate of drug-likeness (QED) is 0.458. The van der Waals surface area contributed by atoms with E-state index in [1.807, 2.05) is 41.1 Å². The maximum absolute atomic E-state index is 12.7. The Bertz CT molecular complexity index is 1070. The number of hydrogen-bond acceptors (Lipinski definition) is 5. The standard InChI is InChI=1S/C23H24Cl2N4O3/c1-15(27-17-8-9-19(24)20(25)10-17)22(30)28-21(23(31)32-2)11-18-13-29(14-26-18)12-16-6-4-3-5-7-16/h3-10,13-15,21,27H,11-12H2,1-2H3,(H,28,30). The van der Waals surface area contributed by atoms with Gasteiger partial charge in [-0.3, -0.25) is 4.79 Å². The fourth-order valence-corrected chi connectivity index (χ4v) is 3.43. The van der Waals surface area contributed by atoms with Gasteiger partial charge in [-0.25, -0.2) is 9.78 Å². The van der Waals surface area contributed by atoms with Crippen molar-refractivity contribution in [1.82, 2.24) is 14.9 Å². The summed E-state index contributed by atoms with van der Waals surface area (Å²) in [4.78, 5) is 29.4. The molecule has 1 aromatic heterocycles. The van der Waals surface area contributed by atoms with Crippen LogP contribution in [0.5, 0.6) is 0 Å². The molecule has 1 heterocycles. The van der Waals surface area contributed by atoms with E-state index in [0.717, 1.165) is 5.56 Å². The number of aromatic nitrogens is 2. The van der Waals surface area contributed by atoms with Crippen molar-refractivity contribution in [3.05, 3.63) is 82.4 Å². The lowest BCUT2D eigenvalue weighted by Crippen LogP contribution is -2.48. The van der Waals surface area contributed by atoms with E-state index in [1.165, 1.54) is 7.11 Å². The minimum atomic E-state index is -0.870. The average Bonchev–Trinajstić information content (AvgIpc) is 3.22. The lowest BCUT2D eigenvalue weighted by Gasteiger charge is -2.20. The topological polar surface area (TPSA) is 85.2 Å². The highest BCUT2D eigenvalue weighted by atomic mass is 35.5. The van der Waals surface area contributed by atoms with Crippen LogP contribution in [-0.2, 0) is 27.3 Å². The largest absolute Gasteiger partial charge is 0.467 e. The number of rotatable bonds is 9. The Labute approximate surface area is 196 Å². The number of ether oxygens (including phenoxy) is 1. The molecule has 2 N–H and O–H groups in total. The molecule has 0 fully saturated rings. The SMILES string of the molecule is COC(=O)C(Cc1cn(Cc2ccccc2)cn1)NC(=O)C(C)Nc1ccc(Cl)c(Cl)c1. The molecule has 2 unspecified atom stereocenters. The normalized spacial score (nSPS) is 12.6. The smallest absolute Gasteiger partial charge is 0.328 e. The second-order valence-electron chi connectivity index (χ2n) is 7.31. The zero-order valence-corrected chi connectivity index (χ0v) is 19.2. The zero-order chi connectivity index (χ0) is 23.1. The molecule has 0 bridgehead atoms. The lowest BCUT2D eigenvalue weighted by molar-refractivity contribution is -0.145. The number of carbonyl (C=O) groups is 2. The van der Waals surface area contributed by atoms with Crippen molar-refractivity contribution in [3.8, 4) is 0 Å². The molecule has 168 valence electrons. The third-order valence-corrected chi connectivity index (χ3v) is 5.55. The summed E-state index contributed by atoms with van der Waals surface area (Å²) in [5.74, 6) is -0.909. The van der Waals surface area contributed by atoms with Gasteiger partial charge in [0.2, 0.25) is 5.91 Å². The van der Waals surface area contributed by atoms with Gasteiger partial charge in [-0.1, -0.05) is 53.5 Å². The van der Waals surface area contributed by atoms with Crippen molar-refractivity contribution < 1.29 is 14.3 Å². The lowest BCUT2D eigenvalue weighted by atomic mass is 10.1. The van der Waals surface area contributed by atoms with Crippen LogP contribution in [-0.4, -0.2) is 40.6 Å². The summed E-state index contributed by atoms with van der Waals surface area (Å²) >= 11 is 11.9. The second kappa shape index (κ2) is 11.0. The van der Waals surface area contributed by atoms with Gasteiger partial charge < -0.3 is 19.9 Å². The third kappa shape index (κ3) is 6.48. The van der Waals surface area contributed by atoms with Crippen molar-refractivity contribution in [2.24, 2.45) is 0 Å². The maximum atomic E-state index is 12.7. The first-order valence-electron chi connectivity index (χ1n) is 10.00. The van der Waals surface area contributed by atoms with Gasteiger partial charge >= 0.3 is 5.97 Å². The number of imidazole rings is 1. The summed E-state index contributed by atoms with van der Waals surface area (Å²) in [6, 6.07) is 13.5. The Hall–Kier alpha value is -3.03. The van der Waals surface area contributed by atoms with Crippen molar-refractivity contribution >= 4 is 40.8 Å². The van der Waals surface area contributed by atoms with Crippen LogP contribution in [0.2, 0.25) is 10.0 Å². The van der Waals surface area contributed by atoms with Crippen LogP contribution in [0.4, 0.5) is 5.69 Å². The van der Waals surface area contributed by atoms with Crippen molar-refractivity contribution in [2.45, 2.75) is 32.0 Å². The van der Waals surface area contributed by atoms with E-state index in [1.54, 1.807) is 31.5 Å². The Balaban J connectivity index is 1.63. The van der Waals surface area contributed by atoms with E-state index in [-0.39, 0.29) is 12.3 Å². The fourth-order valence-electron chi connectivity index (χ4n) is 3.14. The molecule has 9 heteroatoms. The third-order valence-electron chi connectivity index (χ3n) is 4.81. The molecule has 3 rings (SSSR count). The molecule has 7 nitrogen and oxygen atoms in total. The number of halogens is 2. The molecule has 3 aromatic rings. The van der Waals surface area contributed by atoms with E-state index in [2.05, 4.69) is 15.6 Å². The van der Waals surface area contributed by atoms with Gasteiger partial charge in [0, 0.05) is 24.8 Å². The summed E-state index contributed by atoms with van der Waals surface area (Å²) in [6.45, 7) is 2.34. The first kappa shape index (κ1) is 23.6. The van der Waals surface area contributed by atoms with Crippen molar-refractivity contribution in [3.63, 3.8) is 0 Å². The van der Waals surface area contributed by atoms with Crippen molar-refractivity contribution in [1.29, 1.82) is 0 Å². The highest BCUT2D eigenvalue weighted by Gasteiger charge is 2.25. The van der Waals surface area contributed by atoms with Crippen LogP contribution in [0.15, 0.2) is 61.1 Å². The Kier molecular flexibility index (Phi) is 8.14. The van der Waals surface area contributed by atoms with Gasteiger partial charge in [-0.05, 0) is 30.7 Å². The molecule has 32 heavy (non-hydrogen) atoms. The van der Waals surface area contributed by atoms with Gasteiger partial charge in [-0.2, -0.15) is 0 Å². The minimum absolute atomic E-state index is 0.208. The highest BCUT2D eigenvalue weighted by Crippen LogP contribution is 2.25. The van der Waals surface area contributed by atoms with Crippen LogP contribution >= 0.6 is 23.2 Å². The van der Waals surface area contributed by atoms with E-state index in [9.17, 15) is 9.59 Å². The molecular formula is C23H24Cl2N4O3. The molecule has 2 aromatic carbocycles. The number of anilines is 1. The average molecular weight is 475 g/mol. The van der Waals surface area contributed by atoms with Crippen molar-refractivity contribution in [2.75, 3.05) is 12.4 Å². The molecular weight excluding hydrogens is 451 g/mol. The Morgan fingerprint density at radius 1 is 1.12 bits per heavy atom. The molecule has 0 aliphatic heterocycles. The van der Waals surface area contributed by atoms with E-state index in [4.69, 9.17) is 27.9 Å². The number of methoxy groups -OCH3 is 1. The second-order valence-corrected chi connectivity index (χ2v) is 8.12. The monoisotopic (exact) mass is 474 g/mol. The zero-order valence-electron chi connectivity index (χ0n) is 17.7. The number of nitrogens with one attached hydrogen (secondary N) is 2. The number of benzene rings is 2. The van der Waals surface area contributed by atoms with Crippen LogP contribution < -0.4 is 10.6 Å². The van der Waals surface area contributed by atoms with E-state index < -0.39 is 18.1 Å². The Morgan fingerprint density at radius 2 is 1.88 bits per heavy atom.